The molecule has 0 saturated carbocycles. The Labute approximate surface area is 110 Å². The zero-order chi connectivity index (χ0) is 12.9. The van der Waals surface area contributed by atoms with E-state index in [2.05, 4.69) is 26.0 Å². The van der Waals surface area contributed by atoms with Crippen LogP contribution >= 0.6 is 27.7 Å². The van der Waals surface area contributed by atoms with Crippen LogP contribution in [-0.2, 0) is 0 Å². The lowest BCUT2D eigenvalue weighted by atomic mass is 10.3. The summed E-state index contributed by atoms with van der Waals surface area (Å²) < 4.78 is 41.0. The Morgan fingerprint density at radius 3 is 2.71 bits per heavy atom. The van der Waals surface area contributed by atoms with Crippen LogP contribution in [0.3, 0.4) is 0 Å². The van der Waals surface area contributed by atoms with Crippen LogP contribution in [0.2, 0.25) is 0 Å². The van der Waals surface area contributed by atoms with E-state index < -0.39 is 6.36 Å². The second-order valence-electron chi connectivity index (χ2n) is 3.11. The summed E-state index contributed by atoms with van der Waals surface area (Å²) in [5, 5.41) is 2.90. The monoisotopic (exact) mass is 329 g/mol. The minimum absolute atomic E-state index is 0.229. The van der Waals surface area contributed by atoms with E-state index in [0.29, 0.717) is 16.7 Å². The highest BCUT2D eigenvalue weighted by Crippen LogP contribution is 2.32. The molecule has 17 heavy (non-hydrogen) atoms. The van der Waals surface area contributed by atoms with Crippen LogP contribution in [-0.4, -0.2) is 24.9 Å². The summed E-state index contributed by atoms with van der Waals surface area (Å²) in [6.07, 6.45) is -2.76. The van der Waals surface area contributed by atoms with Gasteiger partial charge in [-0.3, -0.25) is 0 Å². The second-order valence-corrected chi connectivity index (χ2v) is 5.01. The van der Waals surface area contributed by atoms with E-state index in [1.165, 1.54) is 6.07 Å². The topological polar surface area (TPSA) is 21.3 Å². The molecule has 1 aromatic rings. The third-order valence-corrected chi connectivity index (χ3v) is 2.90. The smallest absolute Gasteiger partial charge is 0.404 e. The van der Waals surface area contributed by atoms with Crippen molar-refractivity contribution < 1.29 is 17.9 Å². The molecule has 0 aliphatic carbocycles. The molecule has 2 nitrogen and oxygen atoms in total. The molecule has 0 amide bonds. The zero-order valence-corrected chi connectivity index (χ0v) is 11.4. The molecule has 0 aliphatic rings. The molecule has 7 heteroatoms. The van der Waals surface area contributed by atoms with Crippen LogP contribution in [0.1, 0.15) is 0 Å². The van der Waals surface area contributed by atoms with Crippen LogP contribution < -0.4 is 10.1 Å². The molecule has 1 N–H and O–H groups in total. The lowest BCUT2D eigenvalue weighted by Gasteiger charge is -2.14. The third-order valence-electron chi connectivity index (χ3n) is 1.79. The van der Waals surface area contributed by atoms with Crippen LogP contribution in [0.25, 0.3) is 0 Å². The summed E-state index contributed by atoms with van der Waals surface area (Å²) in [5.41, 5.74) is 0.333. The summed E-state index contributed by atoms with van der Waals surface area (Å²) >= 11 is 4.71. The lowest BCUT2D eigenvalue weighted by Crippen LogP contribution is -2.18. The number of alkyl halides is 3. The Morgan fingerprint density at radius 1 is 1.41 bits per heavy atom. The van der Waals surface area contributed by atoms with Crippen LogP contribution in [0.15, 0.2) is 22.7 Å². The largest absolute Gasteiger partial charge is 0.573 e. The van der Waals surface area contributed by atoms with E-state index in [4.69, 9.17) is 0 Å². The predicted molar refractivity (Wildman–Crippen MR) is 67.7 cm³/mol. The van der Waals surface area contributed by atoms with Crippen molar-refractivity contribution in [3.05, 3.63) is 22.7 Å². The molecule has 0 heterocycles. The van der Waals surface area contributed by atoms with Gasteiger partial charge in [0, 0.05) is 16.8 Å². The summed E-state index contributed by atoms with van der Waals surface area (Å²) in [4.78, 5) is 0. The molecular weight excluding hydrogens is 319 g/mol. The first kappa shape index (κ1) is 14.5. The number of hydrogen-bond acceptors (Lipinski definition) is 3. The van der Waals surface area contributed by atoms with Crippen molar-refractivity contribution in [3.63, 3.8) is 0 Å². The van der Waals surface area contributed by atoms with Crippen LogP contribution in [0.4, 0.5) is 18.9 Å². The average Bonchev–Trinajstić information content (AvgIpc) is 2.19. The maximum absolute atomic E-state index is 12.2. The fourth-order valence-electron chi connectivity index (χ4n) is 1.14. The van der Waals surface area contributed by atoms with E-state index in [1.807, 2.05) is 6.26 Å². The fourth-order valence-corrected chi connectivity index (χ4v) is 1.79. The molecule has 0 bridgehead atoms. The Bertz CT molecular complexity index is 373. The van der Waals surface area contributed by atoms with Gasteiger partial charge in [-0.15, -0.1) is 13.2 Å². The standard InChI is InChI=1S/C10H11BrF3NOS/c1-17-5-4-15-8-3-2-7(11)6-9(8)16-10(12,13)14/h2-3,6,15H,4-5H2,1H3. The molecule has 1 aromatic carbocycles. The van der Waals surface area contributed by atoms with Gasteiger partial charge in [0.15, 0.2) is 5.75 Å². The number of halogens is 4. The van der Waals surface area contributed by atoms with Crippen molar-refractivity contribution in [2.75, 3.05) is 23.9 Å². The number of anilines is 1. The van der Waals surface area contributed by atoms with Crippen molar-refractivity contribution in [3.8, 4) is 5.75 Å². The molecule has 0 unspecified atom stereocenters. The zero-order valence-electron chi connectivity index (χ0n) is 8.97. The number of thioether (sulfide) groups is 1. The van der Waals surface area contributed by atoms with Gasteiger partial charge in [-0.2, -0.15) is 11.8 Å². The van der Waals surface area contributed by atoms with Gasteiger partial charge in [0.05, 0.1) is 5.69 Å². The maximum Gasteiger partial charge on any atom is 0.573 e. The molecule has 0 atom stereocenters. The number of ether oxygens (including phenoxy) is 1. The summed E-state index contributed by atoms with van der Waals surface area (Å²) in [6, 6.07) is 4.49. The molecule has 1 rings (SSSR count). The number of benzene rings is 1. The predicted octanol–water partition coefficient (Wildman–Crippen LogP) is 4.12. The molecule has 0 radical (unpaired) electrons. The molecule has 0 spiro atoms. The van der Waals surface area contributed by atoms with E-state index in [9.17, 15) is 13.2 Å². The Kier molecular flexibility index (Phi) is 5.45. The van der Waals surface area contributed by atoms with Gasteiger partial charge in [-0.05, 0) is 24.5 Å². The first-order valence-corrected chi connectivity index (χ1v) is 6.89. The van der Waals surface area contributed by atoms with Gasteiger partial charge in [0.25, 0.3) is 0 Å². The normalized spacial score (nSPS) is 11.4. The average molecular weight is 330 g/mol. The van der Waals surface area contributed by atoms with Gasteiger partial charge < -0.3 is 10.1 Å². The van der Waals surface area contributed by atoms with Gasteiger partial charge >= 0.3 is 6.36 Å². The molecule has 0 fully saturated rings. The van der Waals surface area contributed by atoms with Crippen molar-refractivity contribution in [2.45, 2.75) is 6.36 Å². The Hall–Kier alpha value is -0.560. The lowest BCUT2D eigenvalue weighted by molar-refractivity contribution is -0.274. The number of nitrogens with one attached hydrogen (secondary N) is 1. The van der Waals surface area contributed by atoms with Crippen molar-refractivity contribution in [1.82, 2.24) is 0 Å². The summed E-state index contributed by atoms with van der Waals surface area (Å²) in [7, 11) is 0. The molecule has 0 saturated heterocycles. The van der Waals surface area contributed by atoms with E-state index in [1.54, 1.807) is 23.9 Å². The Morgan fingerprint density at radius 2 is 2.12 bits per heavy atom. The maximum atomic E-state index is 12.2. The van der Waals surface area contributed by atoms with Gasteiger partial charge in [0.2, 0.25) is 0 Å². The molecule has 0 aliphatic heterocycles. The number of rotatable bonds is 5. The van der Waals surface area contributed by atoms with Crippen LogP contribution in [0, 0.1) is 0 Å². The third kappa shape index (κ3) is 5.54. The highest BCUT2D eigenvalue weighted by molar-refractivity contribution is 9.10. The highest BCUT2D eigenvalue weighted by Gasteiger charge is 2.32. The van der Waals surface area contributed by atoms with Crippen molar-refractivity contribution in [1.29, 1.82) is 0 Å². The van der Waals surface area contributed by atoms with Gasteiger partial charge in [-0.1, -0.05) is 15.9 Å². The number of hydrogen-bond donors (Lipinski definition) is 1. The van der Waals surface area contributed by atoms with Crippen LogP contribution in [0.5, 0.6) is 5.75 Å². The summed E-state index contributed by atoms with van der Waals surface area (Å²) in [6.45, 7) is 0.580. The van der Waals surface area contributed by atoms with Crippen molar-refractivity contribution in [2.24, 2.45) is 0 Å². The summed E-state index contributed by atoms with van der Waals surface area (Å²) in [5.74, 6) is 0.578. The SMILES string of the molecule is CSCCNc1ccc(Br)cc1OC(F)(F)F. The Balaban J connectivity index is 2.80. The van der Waals surface area contributed by atoms with Crippen molar-refractivity contribution >= 4 is 33.4 Å². The molecule has 96 valence electrons. The van der Waals surface area contributed by atoms with E-state index in [-0.39, 0.29) is 5.75 Å². The molecule has 0 aromatic heterocycles. The minimum Gasteiger partial charge on any atom is -0.404 e. The first-order chi connectivity index (χ1) is 7.92. The fraction of sp³-hybridized carbons (Fsp3) is 0.400. The minimum atomic E-state index is -4.68. The highest BCUT2D eigenvalue weighted by atomic mass is 79.9. The van der Waals surface area contributed by atoms with E-state index >= 15 is 0 Å². The molecular formula is C10H11BrF3NOS. The van der Waals surface area contributed by atoms with Gasteiger partial charge in [0.1, 0.15) is 0 Å². The second kappa shape index (κ2) is 6.39. The van der Waals surface area contributed by atoms with Gasteiger partial charge in [-0.25, -0.2) is 0 Å². The first-order valence-electron chi connectivity index (χ1n) is 4.70. The quantitative estimate of drug-likeness (QED) is 0.821. The van der Waals surface area contributed by atoms with E-state index in [0.717, 1.165) is 5.75 Å².